The van der Waals surface area contributed by atoms with Crippen LogP contribution in [0.3, 0.4) is 0 Å². The van der Waals surface area contributed by atoms with Crippen molar-refractivity contribution in [2.24, 2.45) is 0 Å². The van der Waals surface area contributed by atoms with Crippen LogP contribution in [0.2, 0.25) is 0 Å². The highest BCUT2D eigenvalue weighted by atomic mass is 32.1. The van der Waals surface area contributed by atoms with E-state index in [1.54, 1.807) is 11.3 Å². The number of aliphatic hydroxyl groups is 1. The van der Waals surface area contributed by atoms with E-state index < -0.39 is 5.60 Å². The molecule has 1 heterocycles. The van der Waals surface area contributed by atoms with E-state index in [4.69, 9.17) is 0 Å². The largest absolute Gasteiger partial charge is 0.384 e. The van der Waals surface area contributed by atoms with Crippen LogP contribution in [0.1, 0.15) is 22.6 Å². The van der Waals surface area contributed by atoms with E-state index in [0.717, 1.165) is 17.7 Å². The lowest BCUT2D eigenvalue weighted by molar-refractivity contribution is 0.155. The Bertz CT molecular complexity index is 248. The third kappa shape index (κ3) is 0.879. The van der Waals surface area contributed by atoms with Gasteiger partial charge in [-0.1, -0.05) is 0 Å². The van der Waals surface area contributed by atoms with Gasteiger partial charge < -0.3 is 5.11 Å². The summed E-state index contributed by atoms with van der Waals surface area (Å²) in [5, 5.41) is 9.62. The first-order valence-corrected chi connectivity index (χ1v) is 4.32. The Labute approximate surface area is 64.3 Å². The molecule has 0 radical (unpaired) electrons. The molecule has 1 saturated carbocycles. The Morgan fingerprint density at radius 1 is 1.50 bits per heavy atom. The summed E-state index contributed by atoms with van der Waals surface area (Å²) in [6, 6.07) is 4.10. The molecular formula is C8H10OS. The fourth-order valence-electron chi connectivity index (χ4n) is 1.05. The molecule has 0 saturated heterocycles. The molecule has 1 aromatic rings. The topological polar surface area (TPSA) is 20.2 Å². The maximum atomic E-state index is 9.62. The second-order valence-electron chi connectivity index (χ2n) is 2.94. The molecule has 0 aromatic carbocycles. The van der Waals surface area contributed by atoms with Crippen LogP contribution < -0.4 is 0 Å². The number of hydrogen-bond acceptors (Lipinski definition) is 2. The monoisotopic (exact) mass is 154 g/mol. The van der Waals surface area contributed by atoms with Gasteiger partial charge in [-0.05, 0) is 31.9 Å². The molecule has 1 fully saturated rings. The maximum Gasteiger partial charge on any atom is 0.0990 e. The lowest BCUT2D eigenvalue weighted by Crippen LogP contribution is -1.99. The van der Waals surface area contributed by atoms with Gasteiger partial charge in [0.15, 0.2) is 0 Å². The molecule has 0 amide bonds. The lowest BCUT2D eigenvalue weighted by Gasteiger charge is -2.00. The molecular weight excluding hydrogens is 144 g/mol. The quantitative estimate of drug-likeness (QED) is 0.656. The van der Waals surface area contributed by atoms with E-state index in [2.05, 4.69) is 13.0 Å². The van der Waals surface area contributed by atoms with Crippen molar-refractivity contribution in [1.29, 1.82) is 0 Å². The second-order valence-corrected chi connectivity index (χ2v) is 4.23. The fraction of sp³-hybridized carbons (Fsp3) is 0.500. The van der Waals surface area contributed by atoms with Crippen LogP contribution in [0.4, 0.5) is 0 Å². The van der Waals surface area contributed by atoms with Crippen molar-refractivity contribution < 1.29 is 5.11 Å². The summed E-state index contributed by atoms with van der Waals surface area (Å²) >= 11 is 1.71. The van der Waals surface area contributed by atoms with Crippen molar-refractivity contribution in [3.05, 3.63) is 21.9 Å². The highest BCUT2D eigenvalue weighted by molar-refractivity contribution is 7.12. The van der Waals surface area contributed by atoms with Gasteiger partial charge in [-0.25, -0.2) is 0 Å². The van der Waals surface area contributed by atoms with Gasteiger partial charge in [0, 0.05) is 9.75 Å². The molecule has 1 N–H and O–H groups in total. The molecule has 0 spiro atoms. The average molecular weight is 154 g/mol. The molecule has 2 heteroatoms. The van der Waals surface area contributed by atoms with Crippen molar-refractivity contribution in [1.82, 2.24) is 0 Å². The van der Waals surface area contributed by atoms with Crippen molar-refractivity contribution in [3.8, 4) is 0 Å². The summed E-state index contributed by atoms with van der Waals surface area (Å²) in [6.07, 6.45) is 1.90. The van der Waals surface area contributed by atoms with Crippen LogP contribution in [0.5, 0.6) is 0 Å². The Morgan fingerprint density at radius 3 is 2.60 bits per heavy atom. The minimum Gasteiger partial charge on any atom is -0.384 e. The van der Waals surface area contributed by atoms with Gasteiger partial charge >= 0.3 is 0 Å². The predicted molar refractivity (Wildman–Crippen MR) is 42.2 cm³/mol. The molecule has 0 unspecified atom stereocenters. The molecule has 0 atom stereocenters. The van der Waals surface area contributed by atoms with E-state index in [0.29, 0.717) is 0 Å². The van der Waals surface area contributed by atoms with Crippen molar-refractivity contribution in [2.45, 2.75) is 25.4 Å². The molecule has 2 rings (SSSR count). The van der Waals surface area contributed by atoms with Gasteiger partial charge in [0.2, 0.25) is 0 Å². The van der Waals surface area contributed by atoms with Gasteiger partial charge in [0.1, 0.15) is 0 Å². The zero-order chi connectivity index (χ0) is 7.19. The molecule has 1 aliphatic rings. The van der Waals surface area contributed by atoms with Gasteiger partial charge in [-0.2, -0.15) is 0 Å². The molecule has 1 aliphatic carbocycles. The molecule has 0 bridgehead atoms. The van der Waals surface area contributed by atoms with Gasteiger partial charge in [-0.15, -0.1) is 11.3 Å². The highest BCUT2D eigenvalue weighted by Gasteiger charge is 2.43. The van der Waals surface area contributed by atoms with Gasteiger partial charge in [0.05, 0.1) is 5.60 Å². The first-order valence-electron chi connectivity index (χ1n) is 3.50. The van der Waals surface area contributed by atoms with Crippen LogP contribution >= 0.6 is 11.3 Å². The first kappa shape index (κ1) is 6.38. The maximum absolute atomic E-state index is 9.62. The van der Waals surface area contributed by atoms with Gasteiger partial charge in [0.25, 0.3) is 0 Å². The Kier molecular flexibility index (Phi) is 1.17. The van der Waals surface area contributed by atoms with E-state index in [9.17, 15) is 5.11 Å². The van der Waals surface area contributed by atoms with Crippen molar-refractivity contribution in [2.75, 3.05) is 0 Å². The van der Waals surface area contributed by atoms with E-state index in [-0.39, 0.29) is 0 Å². The average Bonchev–Trinajstić information content (AvgIpc) is 2.45. The summed E-state index contributed by atoms with van der Waals surface area (Å²) < 4.78 is 0. The molecule has 0 aliphatic heterocycles. The third-order valence-corrected chi connectivity index (χ3v) is 3.12. The number of hydrogen-bond donors (Lipinski definition) is 1. The van der Waals surface area contributed by atoms with Crippen LogP contribution in [0.15, 0.2) is 12.1 Å². The zero-order valence-electron chi connectivity index (χ0n) is 5.92. The second kappa shape index (κ2) is 1.83. The highest BCUT2D eigenvalue weighted by Crippen LogP contribution is 2.47. The molecule has 10 heavy (non-hydrogen) atoms. The summed E-state index contributed by atoms with van der Waals surface area (Å²) in [6.45, 7) is 2.07. The predicted octanol–water partition coefficient (Wildman–Crippen LogP) is 2.04. The van der Waals surface area contributed by atoms with Crippen LogP contribution in [0.25, 0.3) is 0 Å². The fourth-order valence-corrected chi connectivity index (χ4v) is 2.06. The Balaban J connectivity index is 2.34. The molecule has 1 nitrogen and oxygen atoms in total. The number of rotatable bonds is 1. The summed E-state index contributed by atoms with van der Waals surface area (Å²) in [5.41, 5.74) is -0.418. The minimum absolute atomic E-state index is 0.418. The normalized spacial score (nSPS) is 21.0. The molecule has 1 aromatic heterocycles. The lowest BCUT2D eigenvalue weighted by atomic mass is 10.3. The van der Waals surface area contributed by atoms with Crippen molar-refractivity contribution >= 4 is 11.3 Å². The van der Waals surface area contributed by atoms with Crippen LogP contribution in [-0.4, -0.2) is 5.11 Å². The van der Waals surface area contributed by atoms with Crippen LogP contribution in [-0.2, 0) is 5.60 Å². The van der Waals surface area contributed by atoms with E-state index in [1.807, 2.05) is 6.07 Å². The van der Waals surface area contributed by atoms with Crippen LogP contribution in [0, 0.1) is 6.92 Å². The third-order valence-electron chi connectivity index (χ3n) is 1.92. The summed E-state index contributed by atoms with van der Waals surface area (Å²) in [4.78, 5) is 2.43. The van der Waals surface area contributed by atoms with Gasteiger partial charge in [-0.3, -0.25) is 0 Å². The summed E-state index contributed by atoms with van der Waals surface area (Å²) in [7, 11) is 0. The number of thiophene rings is 1. The van der Waals surface area contributed by atoms with Crippen molar-refractivity contribution in [3.63, 3.8) is 0 Å². The van der Waals surface area contributed by atoms with E-state index >= 15 is 0 Å². The first-order chi connectivity index (χ1) is 4.71. The number of aryl methyl sites for hydroxylation is 1. The smallest absolute Gasteiger partial charge is 0.0990 e. The minimum atomic E-state index is -0.418. The Hall–Kier alpha value is -0.340. The Morgan fingerprint density at radius 2 is 2.20 bits per heavy atom. The molecule has 54 valence electrons. The van der Waals surface area contributed by atoms with E-state index in [1.165, 1.54) is 4.88 Å². The summed E-state index contributed by atoms with van der Waals surface area (Å²) in [5.74, 6) is 0. The SMILES string of the molecule is Cc1ccc(C2(O)CC2)s1. The zero-order valence-corrected chi connectivity index (χ0v) is 6.74. The standard InChI is InChI=1S/C8H10OS/c1-6-2-3-7(10-6)8(9)4-5-8/h2-3,9H,4-5H2,1H3.